The Labute approximate surface area is 77.5 Å². The molecule has 70 valence electrons. The number of nitrogens with one attached hydrogen (secondary N) is 1. The fourth-order valence-electron chi connectivity index (χ4n) is 0.755. The van der Waals surface area contributed by atoms with E-state index < -0.39 is 22.7 Å². The van der Waals surface area contributed by atoms with Gasteiger partial charge in [0.2, 0.25) is 0 Å². The molecular weight excluding hydrogens is 202 g/mol. The third-order valence-electron chi connectivity index (χ3n) is 1.29. The van der Waals surface area contributed by atoms with Gasteiger partial charge in [0.1, 0.15) is 5.02 Å². The van der Waals surface area contributed by atoms with Gasteiger partial charge in [-0.25, -0.2) is 13.6 Å². The van der Waals surface area contributed by atoms with Crippen LogP contribution in [0.2, 0.25) is 5.02 Å². The molecule has 0 fully saturated rings. The summed E-state index contributed by atoms with van der Waals surface area (Å²) in [5.74, 6) is -2.30. The average molecular weight is 207 g/mol. The highest BCUT2D eigenvalue weighted by atomic mass is 35.5. The monoisotopic (exact) mass is 206 g/mol. The molecule has 2 amide bonds. The normalized spacial score (nSPS) is 9.77. The zero-order chi connectivity index (χ0) is 10.0. The molecule has 0 aromatic heterocycles. The molecule has 0 unspecified atom stereocenters. The number of carbonyl (C=O) groups is 1. The van der Waals surface area contributed by atoms with E-state index in [1.54, 1.807) is 0 Å². The fourth-order valence-corrected chi connectivity index (χ4v) is 0.956. The first-order valence-corrected chi connectivity index (χ1v) is 3.60. The first kappa shape index (κ1) is 9.73. The summed E-state index contributed by atoms with van der Waals surface area (Å²) in [6.45, 7) is 0. The highest BCUT2D eigenvalue weighted by Crippen LogP contribution is 2.26. The number of rotatable bonds is 1. The van der Waals surface area contributed by atoms with Crippen molar-refractivity contribution < 1.29 is 13.6 Å². The maximum Gasteiger partial charge on any atom is 0.316 e. The average Bonchev–Trinajstić information content (AvgIpc) is 2.06. The number of hydrogen-bond donors (Lipinski definition) is 2. The zero-order valence-corrected chi connectivity index (χ0v) is 7.03. The van der Waals surface area contributed by atoms with Crippen molar-refractivity contribution in [1.82, 2.24) is 0 Å². The SMILES string of the molecule is NC(=O)Nc1ccc(F)c(F)c1Cl. The standard InChI is InChI=1S/C7H5ClF2N2O/c8-5-4(12-7(11)13)2-1-3(9)6(5)10/h1-2H,(H3,11,12,13). The van der Waals surface area contributed by atoms with Crippen LogP contribution >= 0.6 is 11.6 Å². The van der Waals surface area contributed by atoms with E-state index >= 15 is 0 Å². The summed E-state index contributed by atoms with van der Waals surface area (Å²) >= 11 is 5.36. The number of halogens is 3. The molecule has 6 heteroatoms. The minimum atomic E-state index is -1.21. The Morgan fingerprint density at radius 3 is 2.62 bits per heavy atom. The van der Waals surface area contributed by atoms with Gasteiger partial charge in [0.15, 0.2) is 11.6 Å². The van der Waals surface area contributed by atoms with Crippen LogP contribution in [-0.4, -0.2) is 6.03 Å². The molecule has 13 heavy (non-hydrogen) atoms. The van der Waals surface area contributed by atoms with E-state index in [-0.39, 0.29) is 5.69 Å². The van der Waals surface area contributed by atoms with Gasteiger partial charge in [0, 0.05) is 0 Å². The Hall–Kier alpha value is -1.36. The summed E-state index contributed by atoms with van der Waals surface area (Å²) in [6, 6.07) is 1.06. The van der Waals surface area contributed by atoms with Crippen molar-refractivity contribution in [2.45, 2.75) is 0 Å². The van der Waals surface area contributed by atoms with Crippen molar-refractivity contribution >= 4 is 23.3 Å². The van der Waals surface area contributed by atoms with Gasteiger partial charge in [0.25, 0.3) is 0 Å². The number of anilines is 1. The quantitative estimate of drug-likeness (QED) is 0.680. The third kappa shape index (κ3) is 2.06. The highest BCUT2D eigenvalue weighted by molar-refractivity contribution is 6.33. The van der Waals surface area contributed by atoms with Gasteiger partial charge in [-0.2, -0.15) is 0 Å². The second-order valence-corrected chi connectivity index (χ2v) is 2.59. The summed E-state index contributed by atoms with van der Waals surface area (Å²) in [4.78, 5) is 10.4. The summed E-state index contributed by atoms with van der Waals surface area (Å²) in [6.07, 6.45) is 0. The largest absolute Gasteiger partial charge is 0.351 e. The summed E-state index contributed by atoms with van der Waals surface area (Å²) < 4.78 is 25.2. The molecule has 1 rings (SSSR count). The van der Waals surface area contributed by atoms with Crippen molar-refractivity contribution in [3.8, 4) is 0 Å². The molecule has 0 aliphatic heterocycles. The lowest BCUT2D eigenvalue weighted by atomic mass is 10.3. The van der Waals surface area contributed by atoms with Crippen LogP contribution in [0.5, 0.6) is 0 Å². The van der Waals surface area contributed by atoms with Crippen LogP contribution in [0.3, 0.4) is 0 Å². The number of carbonyl (C=O) groups excluding carboxylic acids is 1. The Morgan fingerprint density at radius 1 is 1.46 bits per heavy atom. The fraction of sp³-hybridized carbons (Fsp3) is 0. The Kier molecular flexibility index (Phi) is 2.67. The summed E-state index contributed by atoms with van der Waals surface area (Å²) in [5.41, 5.74) is 4.69. The third-order valence-corrected chi connectivity index (χ3v) is 1.66. The molecule has 1 aromatic carbocycles. The van der Waals surface area contributed by atoms with Crippen molar-refractivity contribution in [3.63, 3.8) is 0 Å². The number of hydrogen-bond acceptors (Lipinski definition) is 1. The van der Waals surface area contributed by atoms with E-state index in [0.717, 1.165) is 12.1 Å². The van der Waals surface area contributed by atoms with E-state index in [1.165, 1.54) is 0 Å². The van der Waals surface area contributed by atoms with Gasteiger partial charge in [-0.1, -0.05) is 11.6 Å². The minimum absolute atomic E-state index is 0.0620. The molecule has 0 atom stereocenters. The molecule has 0 heterocycles. The Bertz CT molecular complexity index is 357. The Morgan fingerprint density at radius 2 is 2.08 bits per heavy atom. The molecule has 0 spiro atoms. The second kappa shape index (κ2) is 3.57. The Balaban J connectivity index is 3.10. The number of urea groups is 1. The van der Waals surface area contributed by atoms with Crippen molar-refractivity contribution in [2.75, 3.05) is 5.32 Å². The van der Waals surface area contributed by atoms with Crippen LogP contribution in [-0.2, 0) is 0 Å². The number of nitrogens with two attached hydrogens (primary N) is 1. The highest BCUT2D eigenvalue weighted by Gasteiger charge is 2.11. The van der Waals surface area contributed by atoms with E-state index in [1.807, 2.05) is 5.32 Å². The molecule has 0 aliphatic carbocycles. The predicted octanol–water partition coefficient (Wildman–Crippen LogP) is 2.11. The molecule has 3 N–H and O–H groups in total. The van der Waals surface area contributed by atoms with E-state index in [4.69, 9.17) is 17.3 Å². The maximum atomic E-state index is 12.7. The topological polar surface area (TPSA) is 55.1 Å². The predicted molar refractivity (Wildman–Crippen MR) is 44.6 cm³/mol. The molecule has 0 saturated heterocycles. The molecular formula is C7H5ClF2N2O. The van der Waals surface area contributed by atoms with Crippen LogP contribution in [0.15, 0.2) is 12.1 Å². The van der Waals surface area contributed by atoms with Crippen LogP contribution < -0.4 is 11.1 Å². The first-order valence-electron chi connectivity index (χ1n) is 3.22. The lowest BCUT2D eigenvalue weighted by Crippen LogP contribution is -2.19. The van der Waals surface area contributed by atoms with Gasteiger partial charge in [-0.05, 0) is 12.1 Å². The maximum absolute atomic E-state index is 12.7. The van der Waals surface area contributed by atoms with Crippen LogP contribution in [0, 0.1) is 11.6 Å². The zero-order valence-electron chi connectivity index (χ0n) is 6.27. The van der Waals surface area contributed by atoms with Crippen molar-refractivity contribution in [3.05, 3.63) is 28.8 Å². The van der Waals surface area contributed by atoms with Gasteiger partial charge in [-0.15, -0.1) is 0 Å². The summed E-state index contributed by atoms with van der Waals surface area (Å²) in [5, 5.41) is 1.54. The second-order valence-electron chi connectivity index (χ2n) is 2.21. The molecule has 3 nitrogen and oxygen atoms in total. The van der Waals surface area contributed by atoms with E-state index in [2.05, 4.69) is 0 Å². The molecule has 0 bridgehead atoms. The molecule has 1 aromatic rings. The summed E-state index contributed by atoms with van der Waals surface area (Å²) in [7, 11) is 0. The molecule has 0 radical (unpaired) electrons. The van der Waals surface area contributed by atoms with Crippen LogP contribution in [0.1, 0.15) is 0 Å². The smallest absolute Gasteiger partial charge is 0.316 e. The van der Waals surface area contributed by atoms with Crippen molar-refractivity contribution in [1.29, 1.82) is 0 Å². The number of benzene rings is 1. The lowest BCUT2D eigenvalue weighted by Gasteiger charge is -2.04. The van der Waals surface area contributed by atoms with E-state index in [9.17, 15) is 13.6 Å². The van der Waals surface area contributed by atoms with Gasteiger partial charge >= 0.3 is 6.03 Å². The molecule has 0 saturated carbocycles. The number of primary amides is 1. The molecule has 0 aliphatic rings. The number of amides is 2. The van der Waals surface area contributed by atoms with Crippen LogP contribution in [0.4, 0.5) is 19.3 Å². The van der Waals surface area contributed by atoms with Crippen molar-refractivity contribution in [2.24, 2.45) is 5.73 Å². The minimum Gasteiger partial charge on any atom is -0.351 e. The van der Waals surface area contributed by atoms with Gasteiger partial charge in [-0.3, -0.25) is 0 Å². The first-order chi connectivity index (χ1) is 6.02. The van der Waals surface area contributed by atoms with E-state index in [0.29, 0.717) is 0 Å². The van der Waals surface area contributed by atoms with Gasteiger partial charge in [0.05, 0.1) is 5.69 Å². The van der Waals surface area contributed by atoms with Crippen LogP contribution in [0.25, 0.3) is 0 Å². The van der Waals surface area contributed by atoms with Gasteiger partial charge < -0.3 is 11.1 Å². The lowest BCUT2D eigenvalue weighted by molar-refractivity contribution is 0.259.